The average Bonchev–Trinajstić information content (AvgIpc) is 2.63. The molecule has 2 aromatic rings. The van der Waals surface area contributed by atoms with Gasteiger partial charge in [0.1, 0.15) is 5.75 Å². The molecule has 4 heteroatoms. The topological polar surface area (TPSA) is 41.6 Å². The quantitative estimate of drug-likeness (QED) is 0.864. The van der Waals surface area contributed by atoms with Gasteiger partial charge in [0.2, 0.25) is 5.91 Å². The van der Waals surface area contributed by atoms with E-state index >= 15 is 0 Å². The lowest BCUT2D eigenvalue weighted by molar-refractivity contribution is -0.117. The molecule has 0 saturated carbocycles. The van der Waals surface area contributed by atoms with E-state index in [9.17, 15) is 4.79 Å². The van der Waals surface area contributed by atoms with E-state index in [1.807, 2.05) is 38.2 Å². The molecule has 0 spiro atoms. The molecule has 4 nitrogen and oxygen atoms in total. The van der Waals surface area contributed by atoms with Crippen LogP contribution in [0.5, 0.6) is 5.75 Å². The predicted molar refractivity (Wildman–Crippen MR) is 101 cm³/mol. The molecule has 132 valence electrons. The molecule has 0 unspecified atom stereocenters. The third-order valence-corrected chi connectivity index (χ3v) is 4.72. The number of likely N-dealkylation sites (N-methyl/N-ethyl adjacent to an activating group) is 1. The average molecular weight is 338 g/mol. The molecular formula is C21H26N2O2. The summed E-state index contributed by atoms with van der Waals surface area (Å²) in [7, 11) is 2.03. The number of rotatable bonds is 6. The number of hydrogen-bond donors (Lipinski definition) is 1. The summed E-state index contributed by atoms with van der Waals surface area (Å²) in [6.45, 7) is 2.87. The van der Waals surface area contributed by atoms with Crippen molar-refractivity contribution in [1.29, 1.82) is 0 Å². The fourth-order valence-corrected chi connectivity index (χ4v) is 3.56. The first kappa shape index (κ1) is 17.5. The normalized spacial score (nSPS) is 16.4. The van der Waals surface area contributed by atoms with E-state index in [0.29, 0.717) is 24.9 Å². The number of carbonyl (C=O) groups is 1. The van der Waals surface area contributed by atoms with Gasteiger partial charge in [-0.15, -0.1) is 0 Å². The maximum atomic E-state index is 12.5. The molecule has 0 bridgehead atoms. The monoisotopic (exact) mass is 338 g/mol. The van der Waals surface area contributed by atoms with Crippen LogP contribution in [0.4, 0.5) is 5.69 Å². The SMILES string of the molecule is CCOc1ccccc1NC(=O)CN(C)[C@H]1CCCc2ccccc21. The number of nitrogens with zero attached hydrogens (tertiary/aromatic N) is 1. The van der Waals surface area contributed by atoms with Crippen LogP contribution in [0.1, 0.15) is 36.9 Å². The number of anilines is 1. The highest BCUT2D eigenvalue weighted by atomic mass is 16.5. The van der Waals surface area contributed by atoms with Gasteiger partial charge < -0.3 is 10.1 Å². The van der Waals surface area contributed by atoms with Gasteiger partial charge in [0.25, 0.3) is 0 Å². The Kier molecular flexibility index (Phi) is 5.71. The van der Waals surface area contributed by atoms with Gasteiger partial charge in [-0.25, -0.2) is 0 Å². The lowest BCUT2D eigenvalue weighted by atomic mass is 9.87. The van der Waals surface area contributed by atoms with E-state index in [0.717, 1.165) is 18.5 Å². The van der Waals surface area contributed by atoms with Crippen molar-refractivity contribution >= 4 is 11.6 Å². The van der Waals surface area contributed by atoms with Gasteiger partial charge in [0, 0.05) is 6.04 Å². The Bertz CT molecular complexity index is 729. The maximum absolute atomic E-state index is 12.5. The summed E-state index contributed by atoms with van der Waals surface area (Å²) in [6.07, 6.45) is 3.39. The second-order valence-corrected chi connectivity index (χ2v) is 6.50. The lowest BCUT2D eigenvalue weighted by Crippen LogP contribution is -2.35. The Balaban J connectivity index is 1.66. The Morgan fingerprint density at radius 2 is 1.96 bits per heavy atom. The van der Waals surface area contributed by atoms with Gasteiger partial charge in [0.15, 0.2) is 0 Å². The number of aryl methyl sites for hydroxylation is 1. The van der Waals surface area contributed by atoms with Crippen molar-refractivity contribution in [1.82, 2.24) is 4.90 Å². The number of fused-ring (bicyclic) bond motifs is 1. The number of ether oxygens (including phenoxy) is 1. The van der Waals surface area contributed by atoms with Crippen molar-refractivity contribution in [2.24, 2.45) is 0 Å². The van der Waals surface area contributed by atoms with Crippen LogP contribution in [0.2, 0.25) is 0 Å². The zero-order valence-corrected chi connectivity index (χ0v) is 15.0. The summed E-state index contributed by atoms with van der Waals surface area (Å²) in [4.78, 5) is 14.7. The molecule has 3 rings (SSSR count). The Morgan fingerprint density at radius 1 is 1.20 bits per heavy atom. The van der Waals surface area contributed by atoms with E-state index in [1.165, 1.54) is 17.5 Å². The molecule has 2 aromatic carbocycles. The second kappa shape index (κ2) is 8.17. The summed E-state index contributed by atoms with van der Waals surface area (Å²) in [5, 5.41) is 2.98. The van der Waals surface area contributed by atoms with Gasteiger partial charge in [-0.3, -0.25) is 9.69 Å². The second-order valence-electron chi connectivity index (χ2n) is 6.50. The highest BCUT2D eigenvalue weighted by Gasteiger charge is 2.24. The highest BCUT2D eigenvalue weighted by Crippen LogP contribution is 2.33. The molecule has 1 atom stereocenters. The number of amides is 1. The van der Waals surface area contributed by atoms with E-state index in [-0.39, 0.29) is 5.91 Å². The molecule has 0 fully saturated rings. The van der Waals surface area contributed by atoms with Crippen molar-refractivity contribution in [2.75, 3.05) is 25.5 Å². The van der Waals surface area contributed by atoms with Crippen molar-refractivity contribution in [3.8, 4) is 5.75 Å². The smallest absolute Gasteiger partial charge is 0.238 e. The summed E-state index contributed by atoms with van der Waals surface area (Å²) in [5.41, 5.74) is 3.50. The van der Waals surface area contributed by atoms with Crippen LogP contribution in [-0.2, 0) is 11.2 Å². The third-order valence-electron chi connectivity index (χ3n) is 4.72. The van der Waals surface area contributed by atoms with Gasteiger partial charge in [0.05, 0.1) is 18.8 Å². The van der Waals surface area contributed by atoms with E-state index in [4.69, 9.17) is 4.74 Å². The minimum Gasteiger partial charge on any atom is -0.492 e. The molecule has 0 saturated heterocycles. The summed E-state index contributed by atoms with van der Waals surface area (Å²) >= 11 is 0. The lowest BCUT2D eigenvalue weighted by Gasteiger charge is -2.32. The molecule has 1 aliphatic rings. The summed E-state index contributed by atoms with van der Waals surface area (Å²) in [6, 6.07) is 16.4. The molecule has 0 aliphatic heterocycles. The molecule has 1 aliphatic carbocycles. The van der Waals surface area contributed by atoms with Crippen LogP contribution >= 0.6 is 0 Å². The predicted octanol–water partition coefficient (Wildman–Crippen LogP) is 4.03. The molecule has 0 aromatic heterocycles. The van der Waals surface area contributed by atoms with Gasteiger partial charge in [-0.05, 0) is 56.5 Å². The fourth-order valence-electron chi connectivity index (χ4n) is 3.56. The van der Waals surface area contributed by atoms with Gasteiger partial charge in [-0.1, -0.05) is 36.4 Å². The van der Waals surface area contributed by atoms with Crippen LogP contribution in [0.3, 0.4) is 0 Å². The van der Waals surface area contributed by atoms with E-state index in [1.54, 1.807) is 0 Å². The van der Waals surface area contributed by atoms with Crippen LogP contribution in [0, 0.1) is 0 Å². The Labute approximate surface area is 149 Å². The van der Waals surface area contributed by atoms with Crippen molar-refractivity contribution in [3.63, 3.8) is 0 Å². The van der Waals surface area contributed by atoms with Gasteiger partial charge >= 0.3 is 0 Å². The summed E-state index contributed by atoms with van der Waals surface area (Å²) < 4.78 is 5.58. The number of nitrogens with one attached hydrogen (secondary N) is 1. The third kappa shape index (κ3) is 4.20. The number of carbonyl (C=O) groups excluding carboxylic acids is 1. The van der Waals surface area contributed by atoms with Crippen LogP contribution in [-0.4, -0.2) is 31.0 Å². The van der Waals surface area contributed by atoms with Crippen molar-refractivity contribution in [2.45, 2.75) is 32.2 Å². The summed E-state index contributed by atoms with van der Waals surface area (Å²) in [5.74, 6) is 0.696. The Morgan fingerprint density at radius 3 is 2.80 bits per heavy atom. The standard InChI is InChI=1S/C21H26N2O2/c1-3-25-20-14-7-6-12-18(20)22-21(24)15-23(2)19-13-8-10-16-9-4-5-11-17(16)19/h4-7,9,11-12,14,19H,3,8,10,13,15H2,1-2H3,(H,22,24)/t19-/m0/s1. The van der Waals surface area contributed by atoms with Crippen LogP contribution < -0.4 is 10.1 Å². The van der Waals surface area contributed by atoms with Crippen molar-refractivity contribution in [3.05, 3.63) is 59.7 Å². The molecular weight excluding hydrogens is 312 g/mol. The molecule has 1 N–H and O–H groups in total. The Hall–Kier alpha value is -2.33. The maximum Gasteiger partial charge on any atom is 0.238 e. The van der Waals surface area contributed by atoms with Crippen LogP contribution in [0.15, 0.2) is 48.5 Å². The first-order chi connectivity index (χ1) is 12.2. The molecule has 25 heavy (non-hydrogen) atoms. The van der Waals surface area contributed by atoms with Crippen molar-refractivity contribution < 1.29 is 9.53 Å². The first-order valence-electron chi connectivity index (χ1n) is 8.98. The van der Waals surface area contributed by atoms with Gasteiger partial charge in [-0.2, -0.15) is 0 Å². The number of hydrogen-bond acceptors (Lipinski definition) is 3. The zero-order valence-electron chi connectivity index (χ0n) is 15.0. The molecule has 0 radical (unpaired) electrons. The molecule has 0 heterocycles. The molecule has 1 amide bonds. The van der Waals surface area contributed by atoms with E-state index < -0.39 is 0 Å². The largest absolute Gasteiger partial charge is 0.492 e. The zero-order chi connectivity index (χ0) is 17.6. The number of para-hydroxylation sites is 2. The fraction of sp³-hybridized carbons (Fsp3) is 0.381. The van der Waals surface area contributed by atoms with E-state index in [2.05, 4.69) is 34.5 Å². The highest BCUT2D eigenvalue weighted by molar-refractivity contribution is 5.93. The number of benzene rings is 2. The first-order valence-corrected chi connectivity index (χ1v) is 8.98. The van der Waals surface area contributed by atoms with Crippen LogP contribution in [0.25, 0.3) is 0 Å². The minimum absolute atomic E-state index is 0.0160. The minimum atomic E-state index is -0.0160.